The van der Waals surface area contributed by atoms with E-state index in [9.17, 15) is 4.79 Å². The lowest BCUT2D eigenvalue weighted by Crippen LogP contribution is -2.92. The fraction of sp³-hybridized carbons (Fsp3) is 0.148. The Morgan fingerprint density at radius 2 is 1.26 bits per heavy atom. The first-order valence-corrected chi connectivity index (χ1v) is 10.6. The molecule has 1 amide bonds. The van der Waals surface area contributed by atoms with Crippen LogP contribution in [0, 0.1) is 0 Å². The van der Waals surface area contributed by atoms with Gasteiger partial charge >= 0.3 is 0 Å². The Hall–Kier alpha value is -3.63. The molecule has 4 aromatic rings. The van der Waals surface area contributed by atoms with E-state index in [1.165, 1.54) is 0 Å². The third-order valence-corrected chi connectivity index (χ3v) is 5.46. The van der Waals surface area contributed by atoms with Gasteiger partial charge in [-0.2, -0.15) is 0 Å². The van der Waals surface area contributed by atoms with Crippen LogP contribution in [-0.4, -0.2) is 11.9 Å². The van der Waals surface area contributed by atoms with Gasteiger partial charge in [-0.1, -0.05) is 91.0 Å². The summed E-state index contributed by atoms with van der Waals surface area (Å²) < 4.78 is 5.69. The Labute approximate surface area is 182 Å². The molecule has 1 aromatic heterocycles. The van der Waals surface area contributed by atoms with Gasteiger partial charge in [0.2, 0.25) is 0 Å². The van der Waals surface area contributed by atoms with Crippen molar-refractivity contribution in [3.63, 3.8) is 0 Å². The molecule has 0 saturated carbocycles. The van der Waals surface area contributed by atoms with Gasteiger partial charge in [-0.15, -0.1) is 0 Å². The molecular weight excluding hydrogens is 384 g/mol. The molecule has 4 nitrogen and oxygen atoms in total. The molecule has 4 heteroatoms. The third kappa shape index (κ3) is 5.11. The predicted octanol–water partition coefficient (Wildman–Crippen LogP) is 4.23. The zero-order valence-corrected chi connectivity index (χ0v) is 17.5. The summed E-state index contributed by atoms with van der Waals surface area (Å²) in [4.78, 5) is 13.3. The number of nitrogens with one attached hydrogen (secondary N) is 1. The van der Waals surface area contributed by atoms with Crippen LogP contribution in [0.3, 0.4) is 0 Å². The highest BCUT2D eigenvalue weighted by Crippen LogP contribution is 2.22. The Morgan fingerprint density at radius 3 is 1.74 bits per heavy atom. The largest absolute Gasteiger partial charge is 0.463 e. The molecule has 2 atom stereocenters. The molecular formula is C27H27N2O2+. The highest BCUT2D eigenvalue weighted by atomic mass is 16.3. The normalized spacial score (nSPS) is 13.0. The van der Waals surface area contributed by atoms with E-state index in [0.29, 0.717) is 0 Å². The number of benzene rings is 3. The van der Waals surface area contributed by atoms with Crippen LogP contribution in [0.25, 0.3) is 0 Å². The van der Waals surface area contributed by atoms with Crippen LogP contribution in [-0.2, 0) is 4.79 Å². The molecule has 0 spiro atoms. The monoisotopic (exact) mass is 411 g/mol. The molecule has 4 rings (SSSR count). The summed E-state index contributed by atoms with van der Waals surface area (Å²) >= 11 is 0. The number of carbonyl (C=O) groups excluding carboxylic acids is 1. The molecule has 0 aliphatic rings. The van der Waals surface area contributed by atoms with Crippen molar-refractivity contribution < 1.29 is 14.5 Å². The fourth-order valence-electron chi connectivity index (χ4n) is 3.80. The highest BCUT2D eigenvalue weighted by molar-refractivity contribution is 5.80. The molecule has 156 valence electrons. The average molecular weight is 412 g/mol. The predicted molar refractivity (Wildman–Crippen MR) is 121 cm³/mol. The van der Waals surface area contributed by atoms with Crippen LogP contribution in [0.4, 0.5) is 0 Å². The van der Waals surface area contributed by atoms with E-state index in [0.717, 1.165) is 22.5 Å². The molecule has 0 bridgehead atoms. The van der Waals surface area contributed by atoms with E-state index in [-0.39, 0.29) is 24.0 Å². The summed E-state index contributed by atoms with van der Waals surface area (Å²) in [6, 6.07) is 33.5. The second kappa shape index (κ2) is 9.92. The van der Waals surface area contributed by atoms with E-state index < -0.39 is 0 Å². The van der Waals surface area contributed by atoms with Gasteiger partial charge in [0.25, 0.3) is 5.91 Å². The van der Waals surface area contributed by atoms with E-state index in [1.54, 1.807) is 6.26 Å². The zero-order chi connectivity index (χ0) is 21.5. The van der Waals surface area contributed by atoms with Crippen molar-refractivity contribution in [1.82, 2.24) is 5.32 Å². The second-order valence-corrected chi connectivity index (χ2v) is 7.65. The Kier molecular flexibility index (Phi) is 6.60. The van der Waals surface area contributed by atoms with Crippen LogP contribution in [0.1, 0.15) is 41.5 Å². The summed E-state index contributed by atoms with van der Waals surface area (Å²) in [5, 5.41) is 5.30. The molecule has 0 unspecified atom stereocenters. The molecule has 31 heavy (non-hydrogen) atoms. The summed E-state index contributed by atoms with van der Waals surface area (Å²) in [6.45, 7) is 1.93. The minimum Gasteiger partial charge on any atom is -0.463 e. The average Bonchev–Trinajstić information content (AvgIpc) is 3.37. The van der Waals surface area contributed by atoms with Gasteiger partial charge in [0.15, 0.2) is 17.8 Å². The number of hydrogen-bond acceptors (Lipinski definition) is 2. The lowest BCUT2D eigenvalue weighted by atomic mass is 9.98. The molecule has 0 aliphatic heterocycles. The number of quaternary nitrogens is 1. The van der Waals surface area contributed by atoms with Crippen molar-refractivity contribution in [2.75, 3.05) is 0 Å². The van der Waals surface area contributed by atoms with Gasteiger partial charge in [-0.3, -0.25) is 4.79 Å². The van der Waals surface area contributed by atoms with Crippen molar-refractivity contribution in [2.45, 2.75) is 25.0 Å². The first kappa shape index (κ1) is 20.6. The van der Waals surface area contributed by atoms with Gasteiger partial charge in [0, 0.05) is 5.56 Å². The summed E-state index contributed by atoms with van der Waals surface area (Å²) in [5.41, 5.74) is 3.21. The Balaban J connectivity index is 1.54. The van der Waals surface area contributed by atoms with Crippen LogP contribution in [0.2, 0.25) is 0 Å². The van der Waals surface area contributed by atoms with Gasteiger partial charge in [0.05, 0.1) is 12.3 Å². The maximum Gasteiger partial charge on any atom is 0.278 e. The minimum absolute atomic E-state index is 0.0230. The number of nitrogens with two attached hydrogens (primary N) is 1. The van der Waals surface area contributed by atoms with E-state index in [1.807, 2.05) is 97.9 Å². The van der Waals surface area contributed by atoms with E-state index >= 15 is 0 Å². The van der Waals surface area contributed by atoms with Crippen LogP contribution in [0.5, 0.6) is 0 Å². The lowest BCUT2D eigenvalue weighted by Gasteiger charge is -2.23. The molecule has 3 N–H and O–H groups in total. The Morgan fingerprint density at radius 1 is 0.742 bits per heavy atom. The van der Waals surface area contributed by atoms with Crippen molar-refractivity contribution >= 4 is 5.91 Å². The van der Waals surface area contributed by atoms with Crippen molar-refractivity contribution in [2.24, 2.45) is 0 Å². The van der Waals surface area contributed by atoms with Crippen molar-refractivity contribution in [1.29, 1.82) is 0 Å². The molecule has 1 heterocycles. The SMILES string of the molecule is C[C@H]([NH2+][C@@H](c1ccccc1)c1ccco1)C(=O)NC(c1ccccc1)c1ccccc1. The summed E-state index contributed by atoms with van der Waals surface area (Å²) in [6.07, 6.45) is 1.67. The molecule has 3 aromatic carbocycles. The van der Waals surface area contributed by atoms with Crippen LogP contribution >= 0.6 is 0 Å². The van der Waals surface area contributed by atoms with Crippen LogP contribution < -0.4 is 10.6 Å². The highest BCUT2D eigenvalue weighted by Gasteiger charge is 2.28. The van der Waals surface area contributed by atoms with E-state index in [2.05, 4.69) is 22.8 Å². The van der Waals surface area contributed by atoms with Crippen LogP contribution in [0.15, 0.2) is 114 Å². The standard InChI is InChI=1S/C27H26N2O2/c1-20(28-26(24-18-11-19-31-24)23-16-9-4-10-17-23)27(30)29-25(21-12-5-2-6-13-21)22-14-7-3-8-15-22/h2-20,25-26,28H,1H3,(H,29,30)/p+1/t20-,26-/m0/s1. The molecule has 0 fully saturated rings. The molecule has 0 saturated heterocycles. The van der Waals surface area contributed by atoms with Crippen molar-refractivity contribution in [3.8, 4) is 0 Å². The molecule has 0 radical (unpaired) electrons. The first-order chi connectivity index (χ1) is 15.2. The number of carbonyl (C=O) groups is 1. The minimum atomic E-state index is -0.315. The number of amides is 1. The topological polar surface area (TPSA) is 58.9 Å². The van der Waals surface area contributed by atoms with Crippen molar-refractivity contribution in [3.05, 3.63) is 132 Å². The number of furan rings is 1. The van der Waals surface area contributed by atoms with Gasteiger partial charge in [-0.25, -0.2) is 0 Å². The number of rotatable bonds is 8. The lowest BCUT2D eigenvalue weighted by molar-refractivity contribution is -0.706. The Bertz CT molecular complexity index is 1020. The maximum atomic E-state index is 13.3. The quantitative estimate of drug-likeness (QED) is 0.456. The van der Waals surface area contributed by atoms with Gasteiger partial charge in [0.1, 0.15) is 0 Å². The van der Waals surface area contributed by atoms with E-state index in [4.69, 9.17) is 4.42 Å². The second-order valence-electron chi connectivity index (χ2n) is 7.65. The van der Waals surface area contributed by atoms with Gasteiger partial charge in [-0.05, 0) is 30.2 Å². The maximum absolute atomic E-state index is 13.3. The molecule has 0 aliphatic carbocycles. The number of hydrogen-bond donors (Lipinski definition) is 2. The summed E-state index contributed by atoms with van der Waals surface area (Å²) in [7, 11) is 0. The van der Waals surface area contributed by atoms with Gasteiger partial charge < -0.3 is 15.1 Å². The summed E-state index contributed by atoms with van der Waals surface area (Å²) in [5.74, 6) is 0.804. The smallest absolute Gasteiger partial charge is 0.278 e. The fourth-order valence-corrected chi connectivity index (χ4v) is 3.80. The zero-order valence-electron chi connectivity index (χ0n) is 17.5. The first-order valence-electron chi connectivity index (χ1n) is 10.6. The third-order valence-electron chi connectivity index (χ3n) is 5.46.